The molecule has 2 aromatic rings. The zero-order valence-corrected chi connectivity index (χ0v) is 20.0. The van der Waals surface area contributed by atoms with E-state index in [2.05, 4.69) is 4.98 Å². The predicted octanol–water partition coefficient (Wildman–Crippen LogP) is 3.83. The van der Waals surface area contributed by atoms with Crippen LogP contribution in [0.1, 0.15) is 67.5 Å². The minimum Gasteiger partial charge on any atom is -0.493 e. The standard InChI is InChI=1S/C25H31N3O5/c1-7-17-9-8-15-12-28(23(26)21(15)27-17)13-19(29)16-10-18(25(3,4)5)22(20(11-16)32-6)33-14(2)24(30)31/h8-11,14,26H,7,12-13H2,1-6H3,(H,30,31). The Hall–Kier alpha value is -3.42. The molecule has 0 saturated carbocycles. The van der Waals surface area contributed by atoms with Crippen LogP contribution in [-0.4, -0.2) is 52.3 Å². The fraction of sp³-hybridized carbons (Fsp3) is 0.440. The van der Waals surface area contributed by atoms with Crippen molar-refractivity contribution in [2.45, 2.75) is 59.1 Å². The van der Waals surface area contributed by atoms with Crippen LogP contribution < -0.4 is 9.47 Å². The maximum Gasteiger partial charge on any atom is 0.344 e. The van der Waals surface area contributed by atoms with Crippen molar-refractivity contribution in [2.75, 3.05) is 13.7 Å². The van der Waals surface area contributed by atoms with Gasteiger partial charge >= 0.3 is 5.97 Å². The Bertz CT molecular complexity index is 1100. The minimum absolute atomic E-state index is 0.0229. The van der Waals surface area contributed by atoms with E-state index < -0.39 is 17.5 Å². The number of nitrogens with one attached hydrogen (secondary N) is 1. The lowest BCUT2D eigenvalue weighted by Crippen LogP contribution is -2.31. The van der Waals surface area contributed by atoms with Crippen LogP contribution in [0.4, 0.5) is 0 Å². The monoisotopic (exact) mass is 453 g/mol. The average Bonchev–Trinajstić information content (AvgIpc) is 3.07. The second-order valence-corrected chi connectivity index (χ2v) is 9.20. The number of benzene rings is 1. The quantitative estimate of drug-likeness (QED) is 0.584. The lowest BCUT2D eigenvalue weighted by Gasteiger charge is -2.26. The number of aromatic nitrogens is 1. The number of nitrogens with zero attached hydrogens (tertiary/aromatic N) is 2. The number of carbonyl (C=O) groups excluding carboxylic acids is 1. The third kappa shape index (κ3) is 4.99. The van der Waals surface area contributed by atoms with Crippen molar-refractivity contribution in [3.63, 3.8) is 0 Å². The number of aryl methyl sites for hydroxylation is 1. The molecular formula is C25H31N3O5. The molecule has 1 aromatic heterocycles. The molecule has 1 aromatic carbocycles. The molecule has 8 heteroatoms. The Labute approximate surface area is 194 Å². The Morgan fingerprint density at radius 3 is 2.55 bits per heavy atom. The molecule has 1 aliphatic rings. The third-order valence-electron chi connectivity index (χ3n) is 5.68. The van der Waals surface area contributed by atoms with Gasteiger partial charge < -0.3 is 19.5 Å². The number of fused-ring (bicyclic) bond motifs is 1. The summed E-state index contributed by atoms with van der Waals surface area (Å²) < 4.78 is 11.2. The number of ether oxygens (including phenoxy) is 2. The number of ketones is 1. The van der Waals surface area contributed by atoms with Crippen molar-refractivity contribution < 1.29 is 24.2 Å². The highest BCUT2D eigenvalue weighted by Crippen LogP contribution is 2.40. The molecule has 0 bridgehead atoms. The van der Waals surface area contributed by atoms with Gasteiger partial charge in [0.15, 0.2) is 23.4 Å². The van der Waals surface area contributed by atoms with Crippen LogP contribution in [0.3, 0.4) is 0 Å². The second-order valence-electron chi connectivity index (χ2n) is 9.20. The van der Waals surface area contributed by atoms with Gasteiger partial charge in [0, 0.05) is 28.9 Å². The fourth-order valence-corrected chi connectivity index (χ4v) is 3.71. The number of carbonyl (C=O) groups is 2. The number of methoxy groups -OCH3 is 1. The molecule has 1 atom stereocenters. The molecule has 0 fully saturated rings. The first-order valence-electron chi connectivity index (χ1n) is 10.9. The van der Waals surface area contributed by atoms with E-state index in [9.17, 15) is 14.7 Å². The molecule has 0 aliphatic carbocycles. The molecule has 1 aliphatic heterocycles. The number of rotatable bonds is 8. The number of carboxylic acids is 1. The van der Waals surface area contributed by atoms with Gasteiger partial charge in [0.05, 0.1) is 13.7 Å². The molecule has 3 rings (SSSR count). The summed E-state index contributed by atoms with van der Waals surface area (Å²) >= 11 is 0. The molecule has 33 heavy (non-hydrogen) atoms. The summed E-state index contributed by atoms with van der Waals surface area (Å²) in [7, 11) is 1.46. The number of carboxylic acid groups (broad SMARTS) is 1. The molecule has 0 saturated heterocycles. The van der Waals surface area contributed by atoms with Gasteiger partial charge in [0.2, 0.25) is 0 Å². The molecule has 2 heterocycles. The third-order valence-corrected chi connectivity index (χ3v) is 5.68. The van der Waals surface area contributed by atoms with E-state index in [0.717, 1.165) is 17.7 Å². The van der Waals surface area contributed by atoms with Crippen LogP contribution in [0.25, 0.3) is 0 Å². The number of amidine groups is 1. The molecule has 176 valence electrons. The van der Waals surface area contributed by atoms with E-state index in [0.29, 0.717) is 34.9 Å². The first-order chi connectivity index (χ1) is 15.5. The predicted molar refractivity (Wildman–Crippen MR) is 125 cm³/mol. The van der Waals surface area contributed by atoms with Gasteiger partial charge in [-0.1, -0.05) is 33.8 Å². The Balaban J connectivity index is 1.92. The fourth-order valence-electron chi connectivity index (χ4n) is 3.71. The van der Waals surface area contributed by atoms with E-state index in [-0.39, 0.29) is 18.2 Å². The molecule has 2 N–H and O–H groups in total. The van der Waals surface area contributed by atoms with E-state index in [1.165, 1.54) is 14.0 Å². The van der Waals surface area contributed by atoms with E-state index >= 15 is 0 Å². The van der Waals surface area contributed by atoms with Crippen molar-refractivity contribution in [1.82, 2.24) is 9.88 Å². The molecule has 0 radical (unpaired) electrons. The highest BCUT2D eigenvalue weighted by Gasteiger charge is 2.30. The van der Waals surface area contributed by atoms with Crippen LogP contribution in [0.5, 0.6) is 11.5 Å². The second kappa shape index (κ2) is 9.21. The lowest BCUT2D eigenvalue weighted by atomic mass is 9.84. The van der Waals surface area contributed by atoms with E-state index in [1.807, 2.05) is 39.8 Å². The Kier molecular flexibility index (Phi) is 6.76. The number of Topliss-reactive ketones (excluding diaryl/α,β-unsaturated/α-hetero) is 1. The zero-order valence-electron chi connectivity index (χ0n) is 20.0. The van der Waals surface area contributed by atoms with Gasteiger partial charge in [-0.15, -0.1) is 0 Å². The average molecular weight is 454 g/mol. The first-order valence-corrected chi connectivity index (χ1v) is 10.9. The number of hydrogen-bond acceptors (Lipinski definition) is 6. The largest absolute Gasteiger partial charge is 0.493 e. The van der Waals surface area contributed by atoms with Crippen LogP contribution in [-0.2, 0) is 23.2 Å². The van der Waals surface area contributed by atoms with Crippen LogP contribution >= 0.6 is 0 Å². The normalized spacial score (nSPS) is 14.1. The lowest BCUT2D eigenvalue weighted by molar-refractivity contribution is -0.144. The van der Waals surface area contributed by atoms with Crippen LogP contribution in [0.2, 0.25) is 0 Å². The zero-order chi connectivity index (χ0) is 24.5. The Morgan fingerprint density at radius 1 is 1.27 bits per heavy atom. The Morgan fingerprint density at radius 2 is 1.97 bits per heavy atom. The van der Waals surface area contributed by atoms with Crippen LogP contribution in [0, 0.1) is 5.41 Å². The van der Waals surface area contributed by atoms with Crippen molar-refractivity contribution in [3.05, 3.63) is 52.3 Å². The molecule has 1 unspecified atom stereocenters. The summed E-state index contributed by atoms with van der Waals surface area (Å²) in [6, 6.07) is 7.22. The van der Waals surface area contributed by atoms with Crippen molar-refractivity contribution >= 4 is 17.6 Å². The van der Waals surface area contributed by atoms with Gasteiger partial charge in [-0.25, -0.2) is 9.78 Å². The summed E-state index contributed by atoms with van der Waals surface area (Å²) in [4.78, 5) is 30.9. The molecule has 0 amide bonds. The van der Waals surface area contributed by atoms with Crippen LogP contribution in [0.15, 0.2) is 24.3 Å². The van der Waals surface area contributed by atoms with Gasteiger partial charge in [0.25, 0.3) is 0 Å². The van der Waals surface area contributed by atoms with Gasteiger partial charge in [-0.05, 0) is 37.0 Å². The molecule has 8 nitrogen and oxygen atoms in total. The smallest absolute Gasteiger partial charge is 0.344 e. The van der Waals surface area contributed by atoms with E-state index in [1.54, 1.807) is 17.0 Å². The summed E-state index contributed by atoms with van der Waals surface area (Å²) in [6.45, 7) is 9.81. The topological polar surface area (TPSA) is 113 Å². The van der Waals surface area contributed by atoms with Gasteiger partial charge in [0.1, 0.15) is 11.5 Å². The molecular weight excluding hydrogens is 422 g/mol. The summed E-state index contributed by atoms with van der Waals surface area (Å²) in [5.41, 5.74) is 3.13. The number of hydrogen-bond donors (Lipinski definition) is 2. The first kappa shape index (κ1) is 24.2. The minimum atomic E-state index is -1.09. The highest BCUT2D eigenvalue weighted by atomic mass is 16.5. The van der Waals surface area contributed by atoms with Gasteiger partial charge in [-0.2, -0.15) is 0 Å². The maximum absolute atomic E-state index is 13.3. The molecule has 0 spiro atoms. The van der Waals surface area contributed by atoms with Crippen molar-refractivity contribution in [1.29, 1.82) is 5.41 Å². The summed E-state index contributed by atoms with van der Waals surface area (Å²) in [5.74, 6) is -0.414. The number of pyridine rings is 1. The van der Waals surface area contributed by atoms with E-state index in [4.69, 9.17) is 14.9 Å². The number of aliphatic carboxylic acids is 1. The van der Waals surface area contributed by atoms with Crippen molar-refractivity contribution in [2.24, 2.45) is 0 Å². The SMILES string of the molecule is CCc1ccc2c(n1)C(=N)N(CC(=O)c1cc(OC)c(OC(C)C(=O)O)c(C(C)(C)C)c1)C2. The maximum atomic E-state index is 13.3. The van der Waals surface area contributed by atoms with Crippen molar-refractivity contribution in [3.8, 4) is 11.5 Å². The summed E-state index contributed by atoms with van der Waals surface area (Å²) in [6.07, 6.45) is -0.297. The van der Waals surface area contributed by atoms with Gasteiger partial charge in [-0.3, -0.25) is 10.2 Å². The summed E-state index contributed by atoms with van der Waals surface area (Å²) in [5, 5.41) is 17.8. The highest BCUT2D eigenvalue weighted by molar-refractivity contribution is 6.04.